The van der Waals surface area contributed by atoms with E-state index >= 15 is 0 Å². The van der Waals surface area contributed by atoms with Gasteiger partial charge in [-0.15, -0.1) is 0 Å². The minimum atomic E-state index is -0.451. The molecule has 0 spiro atoms. The molecule has 1 unspecified atom stereocenters. The van der Waals surface area contributed by atoms with Crippen molar-refractivity contribution in [3.05, 3.63) is 27.8 Å². The number of ketones is 1. The molecule has 0 fully saturated rings. The van der Waals surface area contributed by atoms with Crippen LogP contribution in [0.25, 0.3) is 0 Å². The number of rotatable bonds is 6. The fourth-order valence-electron chi connectivity index (χ4n) is 1.63. The molecule has 19 heavy (non-hydrogen) atoms. The Balaban J connectivity index is 2.47. The molecule has 0 aliphatic heterocycles. The van der Waals surface area contributed by atoms with Crippen LogP contribution in [0.5, 0.6) is 5.75 Å². The molecule has 5 heteroatoms. The van der Waals surface area contributed by atoms with Gasteiger partial charge in [0.2, 0.25) is 0 Å². The highest BCUT2D eigenvalue weighted by Crippen LogP contribution is 2.13. The van der Waals surface area contributed by atoms with Gasteiger partial charge in [-0.05, 0) is 59.7 Å². The Kier molecular flexibility index (Phi) is 6.27. The molecule has 0 aromatic heterocycles. The fraction of sp³-hybridized carbons (Fsp3) is 0.429. The van der Waals surface area contributed by atoms with Gasteiger partial charge in [0.1, 0.15) is 5.75 Å². The molecule has 0 bridgehead atoms. The third kappa shape index (κ3) is 5.59. The molecule has 0 saturated heterocycles. The molecule has 4 nitrogen and oxygen atoms in total. The summed E-state index contributed by atoms with van der Waals surface area (Å²) in [6, 6.07) is 6.97. The van der Waals surface area contributed by atoms with Crippen molar-refractivity contribution >= 4 is 34.3 Å². The number of carbonyl (C=O) groups is 2. The van der Waals surface area contributed by atoms with Crippen LogP contribution < -0.4 is 10.1 Å². The Morgan fingerprint density at radius 3 is 2.32 bits per heavy atom. The first-order chi connectivity index (χ1) is 8.90. The van der Waals surface area contributed by atoms with Crippen LogP contribution in [-0.2, 0) is 9.59 Å². The molecule has 1 rings (SSSR count). The first-order valence-corrected chi connectivity index (χ1v) is 7.16. The molecule has 0 aliphatic rings. The van der Waals surface area contributed by atoms with Gasteiger partial charge >= 0.3 is 0 Å². The van der Waals surface area contributed by atoms with E-state index in [-0.39, 0.29) is 24.2 Å². The van der Waals surface area contributed by atoms with Gasteiger partial charge in [-0.25, -0.2) is 0 Å². The second kappa shape index (κ2) is 7.47. The average molecular weight is 375 g/mol. The Labute approximate surface area is 127 Å². The lowest BCUT2D eigenvalue weighted by atomic mass is 10.0. The summed E-state index contributed by atoms with van der Waals surface area (Å²) in [7, 11) is 0. The van der Waals surface area contributed by atoms with Crippen LogP contribution in [0.2, 0.25) is 0 Å². The summed E-state index contributed by atoms with van der Waals surface area (Å²) in [5.41, 5.74) is 0. The molecule has 1 N–H and O–H groups in total. The number of halogens is 1. The van der Waals surface area contributed by atoms with Gasteiger partial charge in [-0.1, -0.05) is 13.8 Å². The van der Waals surface area contributed by atoms with E-state index in [1.807, 2.05) is 26.0 Å². The normalized spacial score (nSPS) is 12.1. The second-order valence-corrected chi connectivity index (χ2v) is 5.89. The van der Waals surface area contributed by atoms with Crippen molar-refractivity contribution in [1.29, 1.82) is 0 Å². The lowest BCUT2D eigenvalue weighted by molar-refractivity contribution is -0.129. The molecule has 0 aliphatic carbocycles. The summed E-state index contributed by atoms with van der Waals surface area (Å²) in [6.45, 7) is 5.18. The predicted octanol–water partition coefficient (Wildman–Crippen LogP) is 2.40. The summed E-state index contributed by atoms with van der Waals surface area (Å²) in [5.74, 6) is 0.379. The monoisotopic (exact) mass is 375 g/mol. The fourth-order valence-corrected chi connectivity index (χ4v) is 1.99. The van der Waals surface area contributed by atoms with Crippen LogP contribution in [-0.4, -0.2) is 24.3 Å². The maximum atomic E-state index is 11.7. The van der Waals surface area contributed by atoms with Gasteiger partial charge in [0, 0.05) is 3.57 Å². The zero-order valence-electron chi connectivity index (χ0n) is 11.3. The number of benzene rings is 1. The first kappa shape index (κ1) is 15.9. The van der Waals surface area contributed by atoms with Crippen molar-refractivity contribution in [2.75, 3.05) is 6.61 Å². The van der Waals surface area contributed by atoms with E-state index in [4.69, 9.17) is 4.74 Å². The zero-order valence-corrected chi connectivity index (χ0v) is 13.4. The van der Waals surface area contributed by atoms with E-state index in [0.717, 1.165) is 3.57 Å². The smallest absolute Gasteiger partial charge is 0.258 e. The predicted molar refractivity (Wildman–Crippen MR) is 82.1 cm³/mol. The van der Waals surface area contributed by atoms with Crippen LogP contribution in [0.3, 0.4) is 0 Å². The largest absolute Gasteiger partial charge is 0.484 e. The highest BCUT2D eigenvalue weighted by atomic mass is 127. The van der Waals surface area contributed by atoms with Crippen molar-refractivity contribution in [3.8, 4) is 5.75 Å². The highest BCUT2D eigenvalue weighted by molar-refractivity contribution is 14.1. The molecular formula is C14H18INO3. The Hall–Kier alpha value is -1.11. The highest BCUT2D eigenvalue weighted by Gasteiger charge is 2.20. The Bertz CT molecular complexity index is 443. The van der Waals surface area contributed by atoms with Crippen LogP contribution in [0.4, 0.5) is 0 Å². The average Bonchev–Trinajstić information content (AvgIpc) is 2.34. The summed E-state index contributed by atoms with van der Waals surface area (Å²) < 4.78 is 6.46. The van der Waals surface area contributed by atoms with Gasteiger partial charge in [0.15, 0.2) is 12.4 Å². The van der Waals surface area contributed by atoms with Gasteiger partial charge in [0.05, 0.1) is 6.04 Å². The lowest BCUT2D eigenvalue weighted by Gasteiger charge is -2.19. The maximum absolute atomic E-state index is 11.7. The van der Waals surface area contributed by atoms with Crippen molar-refractivity contribution in [2.24, 2.45) is 5.92 Å². The lowest BCUT2D eigenvalue weighted by Crippen LogP contribution is -2.45. The van der Waals surface area contributed by atoms with Crippen LogP contribution in [0.1, 0.15) is 20.8 Å². The Morgan fingerprint density at radius 2 is 1.84 bits per heavy atom. The molecule has 1 amide bonds. The number of carbonyl (C=O) groups excluding carboxylic acids is 2. The first-order valence-electron chi connectivity index (χ1n) is 6.08. The molecule has 0 saturated carbocycles. The van der Waals surface area contributed by atoms with E-state index < -0.39 is 6.04 Å². The minimum absolute atomic E-state index is 0.0439. The molecule has 0 radical (unpaired) electrons. The van der Waals surface area contributed by atoms with Gasteiger partial charge in [-0.3, -0.25) is 9.59 Å². The van der Waals surface area contributed by atoms with Crippen molar-refractivity contribution in [2.45, 2.75) is 26.8 Å². The van der Waals surface area contributed by atoms with E-state index in [9.17, 15) is 9.59 Å². The minimum Gasteiger partial charge on any atom is -0.484 e. The molecule has 1 atom stereocenters. The van der Waals surface area contributed by atoms with E-state index in [1.165, 1.54) is 6.92 Å². The van der Waals surface area contributed by atoms with Crippen LogP contribution >= 0.6 is 22.6 Å². The number of amides is 1. The van der Waals surface area contributed by atoms with E-state index in [2.05, 4.69) is 27.9 Å². The summed E-state index contributed by atoms with van der Waals surface area (Å²) >= 11 is 2.20. The van der Waals surface area contributed by atoms with E-state index in [1.54, 1.807) is 12.1 Å². The molecule has 1 aromatic rings. The van der Waals surface area contributed by atoms with Crippen molar-refractivity contribution in [3.63, 3.8) is 0 Å². The third-order valence-electron chi connectivity index (χ3n) is 2.60. The SMILES string of the molecule is CC(=O)C(NC(=O)COc1ccc(I)cc1)C(C)C. The quantitative estimate of drug-likeness (QED) is 0.777. The standard InChI is InChI=1S/C14H18INO3/c1-9(2)14(10(3)17)16-13(18)8-19-12-6-4-11(15)5-7-12/h4-7,9,14H,8H2,1-3H3,(H,16,18). The molecular weight excluding hydrogens is 357 g/mol. The number of Topliss-reactive ketones (excluding diaryl/α,β-unsaturated/α-hetero) is 1. The van der Waals surface area contributed by atoms with Crippen LogP contribution in [0, 0.1) is 9.49 Å². The second-order valence-electron chi connectivity index (χ2n) is 4.64. The number of hydrogen-bond acceptors (Lipinski definition) is 3. The number of nitrogens with one attached hydrogen (secondary N) is 1. The summed E-state index contributed by atoms with van der Waals surface area (Å²) in [4.78, 5) is 23.1. The van der Waals surface area contributed by atoms with Gasteiger partial charge < -0.3 is 10.1 Å². The van der Waals surface area contributed by atoms with E-state index in [0.29, 0.717) is 5.75 Å². The van der Waals surface area contributed by atoms with Crippen molar-refractivity contribution < 1.29 is 14.3 Å². The van der Waals surface area contributed by atoms with Crippen molar-refractivity contribution in [1.82, 2.24) is 5.32 Å². The maximum Gasteiger partial charge on any atom is 0.258 e. The molecule has 1 aromatic carbocycles. The van der Waals surface area contributed by atoms with Gasteiger partial charge in [-0.2, -0.15) is 0 Å². The Morgan fingerprint density at radius 1 is 1.26 bits per heavy atom. The molecule has 0 heterocycles. The topological polar surface area (TPSA) is 55.4 Å². The van der Waals surface area contributed by atoms with Gasteiger partial charge in [0.25, 0.3) is 5.91 Å². The van der Waals surface area contributed by atoms with Crippen LogP contribution in [0.15, 0.2) is 24.3 Å². The molecule has 104 valence electrons. The summed E-state index contributed by atoms with van der Waals surface area (Å²) in [5, 5.41) is 2.68. The number of ether oxygens (including phenoxy) is 1. The summed E-state index contributed by atoms with van der Waals surface area (Å²) in [6.07, 6.45) is 0. The zero-order chi connectivity index (χ0) is 14.4. The third-order valence-corrected chi connectivity index (χ3v) is 3.32. The number of hydrogen-bond donors (Lipinski definition) is 1.